The fourth-order valence-corrected chi connectivity index (χ4v) is 3.89. The van der Waals surface area contributed by atoms with Gasteiger partial charge >= 0.3 is 11.9 Å². The zero-order chi connectivity index (χ0) is 19.7. The first kappa shape index (κ1) is 18.1. The number of benzene rings is 2. The number of esters is 1. The maximum Gasteiger partial charge on any atom is 0.320 e. The van der Waals surface area contributed by atoms with Gasteiger partial charge in [0, 0.05) is 18.2 Å². The van der Waals surface area contributed by atoms with Crippen LogP contribution in [0, 0.1) is 0 Å². The van der Waals surface area contributed by atoms with Crippen LogP contribution in [0.2, 0.25) is 0 Å². The fraction of sp³-hybridized carbons (Fsp3) is 0.150. The minimum atomic E-state index is -1.14. The van der Waals surface area contributed by atoms with Crippen molar-refractivity contribution >= 4 is 38.5 Å². The molecular formula is C20H17N3O4S. The smallest absolute Gasteiger partial charge is 0.320 e. The van der Waals surface area contributed by atoms with Crippen LogP contribution >= 0.6 is 11.3 Å². The number of nitrogens with two attached hydrogens (primary N) is 1. The lowest BCUT2D eigenvalue weighted by Gasteiger charge is -2.07. The average molecular weight is 395 g/mol. The number of thiazole rings is 1. The summed E-state index contributed by atoms with van der Waals surface area (Å²) in [5.74, 6) is -1.28. The molecule has 4 aromatic rings. The van der Waals surface area contributed by atoms with Gasteiger partial charge in [-0.15, -0.1) is 0 Å². The number of carboxylic acid groups (broad SMARTS) is 1. The van der Waals surface area contributed by atoms with Gasteiger partial charge in [-0.1, -0.05) is 35.6 Å². The number of para-hydroxylation sites is 1. The molecule has 7 nitrogen and oxygen atoms in total. The first-order valence-corrected chi connectivity index (χ1v) is 9.49. The van der Waals surface area contributed by atoms with Gasteiger partial charge in [-0.3, -0.25) is 14.0 Å². The minimum Gasteiger partial charge on any atom is -0.480 e. The molecule has 0 radical (unpaired) electrons. The SMILES string of the molecule is NC(CCC(=O)Oc1cccc(-c2cn3c(n2)sc2ccccc23)c1)C(=O)O. The Hall–Kier alpha value is -3.23. The highest BCUT2D eigenvalue weighted by molar-refractivity contribution is 7.23. The van der Waals surface area contributed by atoms with E-state index in [0.717, 1.165) is 21.7 Å². The lowest BCUT2D eigenvalue weighted by Crippen LogP contribution is -2.31. The predicted molar refractivity (Wildman–Crippen MR) is 106 cm³/mol. The Balaban J connectivity index is 1.53. The highest BCUT2D eigenvalue weighted by atomic mass is 32.1. The number of carbonyl (C=O) groups excluding carboxylic acids is 1. The van der Waals surface area contributed by atoms with Crippen molar-refractivity contribution in [2.45, 2.75) is 18.9 Å². The molecule has 2 heterocycles. The molecule has 2 aromatic carbocycles. The maximum absolute atomic E-state index is 11.9. The molecule has 28 heavy (non-hydrogen) atoms. The Morgan fingerprint density at radius 2 is 2.04 bits per heavy atom. The summed E-state index contributed by atoms with van der Waals surface area (Å²) in [5, 5.41) is 8.77. The molecule has 0 amide bonds. The molecule has 3 N–H and O–H groups in total. The summed E-state index contributed by atoms with van der Waals surface area (Å²) in [6.45, 7) is 0. The maximum atomic E-state index is 11.9. The van der Waals surface area contributed by atoms with Crippen molar-refractivity contribution in [3.8, 4) is 17.0 Å². The third kappa shape index (κ3) is 3.60. The van der Waals surface area contributed by atoms with Crippen LogP contribution in [-0.4, -0.2) is 32.5 Å². The van der Waals surface area contributed by atoms with Gasteiger partial charge in [0.1, 0.15) is 11.8 Å². The Kier molecular flexibility index (Phi) is 4.81. The average Bonchev–Trinajstić information content (AvgIpc) is 3.24. The Morgan fingerprint density at radius 3 is 2.86 bits per heavy atom. The second-order valence-electron chi connectivity index (χ2n) is 6.33. The van der Waals surface area contributed by atoms with Gasteiger partial charge in [0.05, 0.1) is 15.9 Å². The molecule has 0 saturated carbocycles. The number of nitrogens with zero attached hydrogens (tertiary/aromatic N) is 2. The number of aliphatic carboxylic acids is 1. The number of carbonyl (C=O) groups is 2. The number of rotatable bonds is 6. The summed E-state index contributed by atoms with van der Waals surface area (Å²) in [6.07, 6.45) is 1.92. The van der Waals surface area contributed by atoms with E-state index in [1.807, 2.05) is 34.9 Å². The first-order chi connectivity index (χ1) is 13.5. The lowest BCUT2D eigenvalue weighted by atomic mass is 10.1. The number of aromatic nitrogens is 2. The van der Waals surface area contributed by atoms with Crippen LogP contribution in [0.5, 0.6) is 5.75 Å². The van der Waals surface area contributed by atoms with Gasteiger partial charge in [0.15, 0.2) is 4.96 Å². The summed E-state index contributed by atoms with van der Waals surface area (Å²) in [6, 6.07) is 14.1. The van der Waals surface area contributed by atoms with Crippen LogP contribution in [0.4, 0.5) is 0 Å². The summed E-state index contributed by atoms with van der Waals surface area (Å²) in [5.41, 5.74) is 8.11. The first-order valence-electron chi connectivity index (χ1n) is 8.67. The largest absolute Gasteiger partial charge is 0.480 e. The second-order valence-corrected chi connectivity index (χ2v) is 7.34. The van der Waals surface area contributed by atoms with E-state index >= 15 is 0 Å². The number of hydrogen-bond acceptors (Lipinski definition) is 6. The minimum absolute atomic E-state index is 0.0260. The molecule has 0 aliphatic rings. The molecule has 2 aromatic heterocycles. The lowest BCUT2D eigenvalue weighted by molar-refractivity contribution is -0.139. The molecule has 4 rings (SSSR count). The van der Waals surface area contributed by atoms with Crippen LogP contribution in [0.25, 0.3) is 26.4 Å². The monoisotopic (exact) mass is 395 g/mol. The van der Waals surface area contributed by atoms with Gasteiger partial charge in [-0.25, -0.2) is 4.98 Å². The van der Waals surface area contributed by atoms with Crippen LogP contribution < -0.4 is 10.5 Å². The van der Waals surface area contributed by atoms with Gasteiger partial charge < -0.3 is 15.6 Å². The number of fused-ring (bicyclic) bond motifs is 3. The number of imidazole rings is 1. The van der Waals surface area contributed by atoms with Crippen LogP contribution in [0.3, 0.4) is 0 Å². The summed E-state index contributed by atoms with van der Waals surface area (Å²) >= 11 is 1.61. The summed E-state index contributed by atoms with van der Waals surface area (Å²) in [4.78, 5) is 28.2. The van der Waals surface area contributed by atoms with E-state index in [-0.39, 0.29) is 12.8 Å². The van der Waals surface area contributed by atoms with Gasteiger partial charge in [0.25, 0.3) is 0 Å². The van der Waals surface area contributed by atoms with E-state index in [1.54, 1.807) is 29.5 Å². The molecule has 0 aliphatic carbocycles. The number of ether oxygens (including phenoxy) is 1. The van der Waals surface area contributed by atoms with E-state index in [2.05, 4.69) is 11.1 Å². The molecule has 0 spiro atoms. The molecular weight excluding hydrogens is 378 g/mol. The van der Waals surface area contributed by atoms with E-state index in [0.29, 0.717) is 5.75 Å². The van der Waals surface area contributed by atoms with Crippen molar-refractivity contribution in [2.24, 2.45) is 5.73 Å². The van der Waals surface area contributed by atoms with E-state index < -0.39 is 18.0 Å². The summed E-state index contributed by atoms with van der Waals surface area (Å²) < 4.78 is 8.52. The molecule has 0 bridgehead atoms. The Morgan fingerprint density at radius 1 is 1.21 bits per heavy atom. The normalized spacial score (nSPS) is 12.3. The Labute approximate surface area is 164 Å². The van der Waals surface area contributed by atoms with Crippen LogP contribution in [-0.2, 0) is 9.59 Å². The van der Waals surface area contributed by atoms with Crippen LogP contribution in [0.15, 0.2) is 54.7 Å². The molecule has 0 saturated heterocycles. The highest BCUT2D eigenvalue weighted by Gasteiger charge is 2.15. The van der Waals surface area contributed by atoms with Crippen molar-refractivity contribution in [3.63, 3.8) is 0 Å². The van der Waals surface area contributed by atoms with E-state index in [4.69, 9.17) is 15.6 Å². The molecule has 1 atom stereocenters. The topological polar surface area (TPSA) is 107 Å². The zero-order valence-corrected chi connectivity index (χ0v) is 15.6. The van der Waals surface area contributed by atoms with Crippen molar-refractivity contribution < 1.29 is 19.4 Å². The van der Waals surface area contributed by atoms with Gasteiger partial charge in [0.2, 0.25) is 0 Å². The Bertz CT molecular complexity index is 1180. The number of carboxylic acids is 1. The number of hydrogen-bond donors (Lipinski definition) is 2. The van der Waals surface area contributed by atoms with Crippen molar-refractivity contribution in [1.29, 1.82) is 0 Å². The molecule has 8 heteroatoms. The van der Waals surface area contributed by atoms with Crippen LogP contribution in [0.1, 0.15) is 12.8 Å². The standard InChI is InChI=1S/C20H17N3O4S/c21-14(19(25)26)8-9-18(24)27-13-5-3-4-12(10-13)15-11-23-16-6-1-2-7-17(16)28-20(23)22-15/h1-7,10-11,14H,8-9,21H2,(H,25,26). The molecule has 0 fully saturated rings. The third-order valence-electron chi connectivity index (χ3n) is 4.34. The quantitative estimate of drug-likeness (QED) is 0.383. The fourth-order valence-electron chi connectivity index (χ4n) is 2.89. The van der Waals surface area contributed by atoms with Crippen molar-refractivity contribution in [1.82, 2.24) is 9.38 Å². The third-order valence-corrected chi connectivity index (χ3v) is 5.37. The highest BCUT2D eigenvalue weighted by Crippen LogP contribution is 2.30. The van der Waals surface area contributed by atoms with Crippen molar-refractivity contribution in [2.75, 3.05) is 0 Å². The predicted octanol–water partition coefficient (Wildman–Crippen LogP) is 3.31. The van der Waals surface area contributed by atoms with E-state index in [1.165, 1.54) is 4.70 Å². The van der Waals surface area contributed by atoms with Gasteiger partial charge in [-0.2, -0.15) is 0 Å². The molecule has 142 valence electrons. The second kappa shape index (κ2) is 7.41. The zero-order valence-electron chi connectivity index (χ0n) is 14.7. The summed E-state index contributed by atoms with van der Waals surface area (Å²) in [7, 11) is 0. The van der Waals surface area contributed by atoms with E-state index in [9.17, 15) is 9.59 Å². The van der Waals surface area contributed by atoms with Crippen molar-refractivity contribution in [3.05, 3.63) is 54.7 Å². The molecule has 0 aliphatic heterocycles. The molecule has 1 unspecified atom stereocenters. The van der Waals surface area contributed by atoms with Gasteiger partial charge in [-0.05, 0) is 30.7 Å².